The first-order valence-electron chi connectivity index (χ1n) is 4.70. The fourth-order valence-electron chi connectivity index (χ4n) is 1.17. The Balaban J connectivity index is 2.80. The van der Waals surface area contributed by atoms with Gasteiger partial charge in [0.15, 0.2) is 0 Å². The minimum absolute atomic E-state index is 0.361. The number of nitrogens with zero attached hydrogens (tertiary/aromatic N) is 1. The second-order valence-corrected chi connectivity index (χ2v) is 3.23. The number of amides is 1. The zero-order valence-corrected chi connectivity index (χ0v) is 9.23. The molecule has 0 saturated heterocycles. The minimum Gasteiger partial charge on any atom is -0.452 e. The summed E-state index contributed by atoms with van der Waals surface area (Å²) in [7, 11) is 3.05. The maximum absolute atomic E-state index is 11.2. The maximum atomic E-state index is 11.2. The van der Waals surface area contributed by atoms with E-state index in [1.165, 1.54) is 12.0 Å². The highest BCUT2D eigenvalue weighted by Crippen LogP contribution is 2.09. The molecule has 1 rings (SSSR count). The van der Waals surface area contributed by atoms with Crippen LogP contribution in [0.3, 0.4) is 0 Å². The molecule has 1 aromatic carbocycles. The van der Waals surface area contributed by atoms with Crippen LogP contribution in [0.5, 0.6) is 0 Å². The average Bonchev–Trinajstić information content (AvgIpc) is 2.28. The number of carbonyl (C=O) groups excluding carboxylic acids is 1. The van der Waals surface area contributed by atoms with Crippen molar-refractivity contribution in [2.24, 2.45) is 0 Å². The molecule has 1 aromatic rings. The Labute approximate surface area is 90.0 Å². The maximum Gasteiger partial charge on any atom is 0.413 e. The standard InChI is InChI=1S/C12H15NO2/c1-10(13(2)12(14)15-3)9-11-7-5-4-6-8-11/h4-9H,1-3H3. The van der Waals surface area contributed by atoms with Crippen molar-refractivity contribution in [3.8, 4) is 0 Å². The van der Waals surface area contributed by atoms with E-state index in [4.69, 9.17) is 0 Å². The quantitative estimate of drug-likeness (QED) is 0.743. The molecule has 1 amide bonds. The van der Waals surface area contributed by atoms with Gasteiger partial charge >= 0.3 is 6.09 Å². The SMILES string of the molecule is COC(=O)N(C)C(C)=Cc1ccccc1. The van der Waals surface area contributed by atoms with Crippen LogP contribution < -0.4 is 0 Å². The Kier molecular flexibility index (Phi) is 3.92. The molecule has 3 heteroatoms. The van der Waals surface area contributed by atoms with Gasteiger partial charge in [0.2, 0.25) is 0 Å². The number of hydrogen-bond acceptors (Lipinski definition) is 2. The number of ether oxygens (including phenoxy) is 1. The first-order chi connectivity index (χ1) is 7.15. The molecule has 0 heterocycles. The summed E-state index contributed by atoms with van der Waals surface area (Å²) in [4.78, 5) is 12.7. The molecular weight excluding hydrogens is 190 g/mol. The van der Waals surface area contributed by atoms with E-state index in [1.807, 2.05) is 43.3 Å². The van der Waals surface area contributed by atoms with E-state index in [-0.39, 0.29) is 6.09 Å². The normalized spacial score (nSPS) is 11.0. The van der Waals surface area contributed by atoms with Gasteiger partial charge < -0.3 is 4.74 Å². The molecule has 3 nitrogen and oxygen atoms in total. The van der Waals surface area contributed by atoms with Crippen LogP contribution in [0.15, 0.2) is 36.0 Å². The molecule has 0 aliphatic heterocycles. The summed E-state index contributed by atoms with van der Waals surface area (Å²) in [5.74, 6) is 0. The number of methoxy groups -OCH3 is 1. The Bertz CT molecular complexity index is 357. The van der Waals surface area contributed by atoms with Gasteiger partial charge in [0.25, 0.3) is 0 Å². The van der Waals surface area contributed by atoms with E-state index in [2.05, 4.69) is 4.74 Å². The Morgan fingerprint density at radius 3 is 2.47 bits per heavy atom. The van der Waals surface area contributed by atoms with Crippen LogP contribution in [-0.4, -0.2) is 25.2 Å². The van der Waals surface area contributed by atoms with Crippen LogP contribution in [-0.2, 0) is 4.74 Å². The van der Waals surface area contributed by atoms with Gasteiger partial charge in [-0.05, 0) is 18.6 Å². The molecule has 0 saturated carbocycles. The van der Waals surface area contributed by atoms with E-state index in [0.29, 0.717) is 0 Å². The molecule has 0 spiro atoms. The second-order valence-electron chi connectivity index (χ2n) is 3.23. The number of benzene rings is 1. The number of allylic oxidation sites excluding steroid dienone is 1. The van der Waals surface area contributed by atoms with Crippen LogP contribution in [0, 0.1) is 0 Å². The fourth-order valence-corrected chi connectivity index (χ4v) is 1.17. The van der Waals surface area contributed by atoms with E-state index in [1.54, 1.807) is 7.05 Å². The zero-order chi connectivity index (χ0) is 11.3. The Morgan fingerprint density at radius 2 is 1.93 bits per heavy atom. The van der Waals surface area contributed by atoms with E-state index >= 15 is 0 Å². The summed E-state index contributed by atoms with van der Waals surface area (Å²) >= 11 is 0. The lowest BCUT2D eigenvalue weighted by Crippen LogP contribution is -2.24. The zero-order valence-electron chi connectivity index (χ0n) is 9.23. The molecule has 0 atom stereocenters. The average molecular weight is 205 g/mol. The topological polar surface area (TPSA) is 29.5 Å². The van der Waals surface area contributed by atoms with Gasteiger partial charge in [0.1, 0.15) is 0 Å². The lowest BCUT2D eigenvalue weighted by Gasteiger charge is -2.15. The number of carbonyl (C=O) groups is 1. The van der Waals surface area contributed by atoms with Crippen LogP contribution in [0.1, 0.15) is 12.5 Å². The lowest BCUT2D eigenvalue weighted by molar-refractivity contribution is 0.144. The molecule has 0 aromatic heterocycles. The minimum atomic E-state index is -0.361. The van der Waals surface area contributed by atoms with Gasteiger partial charge in [-0.25, -0.2) is 4.79 Å². The van der Waals surface area contributed by atoms with Crippen LogP contribution in [0.2, 0.25) is 0 Å². The van der Waals surface area contributed by atoms with Gasteiger partial charge in [-0.1, -0.05) is 30.3 Å². The molecule has 0 bridgehead atoms. The largest absolute Gasteiger partial charge is 0.452 e. The summed E-state index contributed by atoms with van der Waals surface area (Å²) < 4.78 is 4.62. The summed E-state index contributed by atoms with van der Waals surface area (Å²) in [6, 6.07) is 9.83. The second kappa shape index (κ2) is 5.20. The van der Waals surface area contributed by atoms with Crippen molar-refractivity contribution in [2.45, 2.75) is 6.92 Å². The molecule has 0 N–H and O–H groups in total. The van der Waals surface area contributed by atoms with Crippen LogP contribution in [0.25, 0.3) is 6.08 Å². The third-order valence-electron chi connectivity index (χ3n) is 2.15. The highest BCUT2D eigenvalue weighted by atomic mass is 16.5. The van der Waals surface area contributed by atoms with E-state index < -0.39 is 0 Å². The number of hydrogen-bond donors (Lipinski definition) is 0. The van der Waals surface area contributed by atoms with Crippen molar-refractivity contribution in [1.29, 1.82) is 0 Å². The van der Waals surface area contributed by atoms with Crippen molar-refractivity contribution in [3.05, 3.63) is 41.6 Å². The highest BCUT2D eigenvalue weighted by molar-refractivity contribution is 5.71. The van der Waals surface area contributed by atoms with Crippen molar-refractivity contribution < 1.29 is 9.53 Å². The van der Waals surface area contributed by atoms with Crippen LogP contribution in [0.4, 0.5) is 4.79 Å². The summed E-state index contributed by atoms with van der Waals surface area (Å²) in [5, 5.41) is 0. The monoisotopic (exact) mass is 205 g/mol. The first kappa shape index (κ1) is 11.3. The predicted octanol–water partition coefficient (Wildman–Crippen LogP) is 2.75. The summed E-state index contributed by atoms with van der Waals surface area (Å²) in [6.45, 7) is 1.86. The summed E-state index contributed by atoms with van der Waals surface area (Å²) in [6.07, 6.45) is 1.57. The molecule has 0 aliphatic rings. The van der Waals surface area contributed by atoms with Gasteiger partial charge in [-0.2, -0.15) is 0 Å². The Hall–Kier alpha value is -1.77. The van der Waals surface area contributed by atoms with E-state index in [0.717, 1.165) is 11.3 Å². The van der Waals surface area contributed by atoms with Gasteiger partial charge in [0, 0.05) is 12.7 Å². The number of rotatable bonds is 2. The summed E-state index contributed by atoms with van der Waals surface area (Å²) in [5.41, 5.74) is 1.90. The molecule has 80 valence electrons. The van der Waals surface area contributed by atoms with Crippen molar-refractivity contribution in [2.75, 3.05) is 14.2 Å². The lowest BCUT2D eigenvalue weighted by atomic mass is 10.2. The first-order valence-corrected chi connectivity index (χ1v) is 4.70. The Morgan fingerprint density at radius 1 is 1.33 bits per heavy atom. The van der Waals surface area contributed by atoms with Crippen LogP contribution >= 0.6 is 0 Å². The molecule has 0 fully saturated rings. The van der Waals surface area contributed by atoms with Gasteiger partial charge in [-0.15, -0.1) is 0 Å². The molecule has 0 unspecified atom stereocenters. The van der Waals surface area contributed by atoms with E-state index in [9.17, 15) is 4.79 Å². The van der Waals surface area contributed by atoms with Gasteiger partial charge in [-0.3, -0.25) is 4.90 Å². The fraction of sp³-hybridized carbons (Fsp3) is 0.250. The van der Waals surface area contributed by atoms with Gasteiger partial charge in [0.05, 0.1) is 7.11 Å². The van der Waals surface area contributed by atoms with Crippen molar-refractivity contribution >= 4 is 12.2 Å². The molecule has 15 heavy (non-hydrogen) atoms. The highest BCUT2D eigenvalue weighted by Gasteiger charge is 2.08. The molecular formula is C12H15NO2. The molecule has 0 aliphatic carbocycles. The third-order valence-corrected chi connectivity index (χ3v) is 2.15. The van der Waals surface area contributed by atoms with Crippen molar-refractivity contribution in [3.63, 3.8) is 0 Å². The smallest absolute Gasteiger partial charge is 0.413 e. The predicted molar refractivity (Wildman–Crippen MR) is 60.3 cm³/mol. The molecule has 0 radical (unpaired) electrons. The van der Waals surface area contributed by atoms with Crippen molar-refractivity contribution in [1.82, 2.24) is 4.90 Å². The third kappa shape index (κ3) is 3.13.